The molecule has 13 heavy (non-hydrogen) atoms. The van der Waals surface area contributed by atoms with Gasteiger partial charge >= 0.3 is 0 Å². The quantitative estimate of drug-likeness (QED) is 0.692. The second-order valence-electron chi connectivity index (χ2n) is 4.31. The van der Waals surface area contributed by atoms with E-state index in [2.05, 4.69) is 0 Å². The Hall–Kier alpha value is -0.0800. The molecule has 1 fully saturated rings. The molecule has 2 heteroatoms. The third kappa shape index (κ3) is 4.10. The molecule has 0 spiro atoms. The lowest BCUT2D eigenvalue weighted by molar-refractivity contribution is 0.198. The van der Waals surface area contributed by atoms with Gasteiger partial charge in [0.15, 0.2) is 0 Å². The topological polar surface area (TPSA) is 40.5 Å². The maximum Gasteiger partial charge on any atom is 0.0459 e. The van der Waals surface area contributed by atoms with Gasteiger partial charge in [-0.3, -0.25) is 0 Å². The molecule has 0 saturated heterocycles. The highest BCUT2D eigenvalue weighted by atomic mass is 16.3. The van der Waals surface area contributed by atoms with Crippen LogP contribution < -0.4 is 0 Å². The van der Waals surface area contributed by atoms with E-state index in [9.17, 15) is 0 Å². The van der Waals surface area contributed by atoms with Crippen molar-refractivity contribution in [3.05, 3.63) is 0 Å². The van der Waals surface area contributed by atoms with Gasteiger partial charge in [0, 0.05) is 13.2 Å². The van der Waals surface area contributed by atoms with E-state index >= 15 is 0 Å². The molecule has 2 nitrogen and oxygen atoms in total. The molecular formula is C11H22O2. The van der Waals surface area contributed by atoms with Crippen molar-refractivity contribution in [1.82, 2.24) is 0 Å². The van der Waals surface area contributed by atoms with Crippen LogP contribution in [-0.4, -0.2) is 23.4 Å². The summed E-state index contributed by atoms with van der Waals surface area (Å²) < 4.78 is 0. The van der Waals surface area contributed by atoms with E-state index in [-0.39, 0.29) is 0 Å². The predicted octanol–water partition coefficient (Wildman–Crippen LogP) is 1.95. The third-order valence-corrected chi connectivity index (χ3v) is 3.22. The zero-order valence-corrected chi connectivity index (χ0v) is 8.41. The molecule has 0 heterocycles. The van der Waals surface area contributed by atoms with E-state index in [4.69, 9.17) is 10.2 Å². The molecule has 0 unspecified atom stereocenters. The molecule has 0 radical (unpaired) electrons. The smallest absolute Gasteiger partial charge is 0.0459 e. The maximum absolute atomic E-state index is 9.07. The van der Waals surface area contributed by atoms with E-state index in [0.29, 0.717) is 25.0 Å². The Balaban J connectivity index is 2.29. The molecule has 0 aromatic heterocycles. The Morgan fingerprint density at radius 3 is 1.46 bits per heavy atom. The van der Waals surface area contributed by atoms with E-state index in [1.54, 1.807) is 0 Å². The lowest BCUT2D eigenvalue weighted by atomic mass is 9.96. The van der Waals surface area contributed by atoms with E-state index in [1.165, 1.54) is 32.1 Å². The standard InChI is InChI=1S/C11H22O2/c12-8-10-4-1-2-5-11(9-13)7-3-6-10/h10-13H,1-9H2/t10-,11+. The van der Waals surface area contributed by atoms with Gasteiger partial charge < -0.3 is 10.2 Å². The predicted molar refractivity (Wildman–Crippen MR) is 53.5 cm³/mol. The van der Waals surface area contributed by atoms with Crippen molar-refractivity contribution in [2.45, 2.75) is 44.9 Å². The number of aliphatic hydroxyl groups is 2. The van der Waals surface area contributed by atoms with Crippen molar-refractivity contribution in [1.29, 1.82) is 0 Å². The third-order valence-electron chi connectivity index (χ3n) is 3.22. The normalized spacial score (nSPS) is 31.8. The minimum Gasteiger partial charge on any atom is -0.396 e. The summed E-state index contributed by atoms with van der Waals surface area (Å²) in [5, 5.41) is 18.1. The molecule has 0 aromatic carbocycles. The molecule has 0 aromatic rings. The first-order chi connectivity index (χ1) is 6.36. The zero-order chi connectivity index (χ0) is 9.52. The molecule has 2 N–H and O–H groups in total. The molecular weight excluding hydrogens is 164 g/mol. The summed E-state index contributed by atoms with van der Waals surface area (Å²) in [6.07, 6.45) is 8.27. The average molecular weight is 186 g/mol. The second kappa shape index (κ2) is 6.39. The summed E-state index contributed by atoms with van der Waals surface area (Å²) in [6, 6.07) is 0. The summed E-state index contributed by atoms with van der Waals surface area (Å²) in [7, 11) is 0. The molecule has 78 valence electrons. The van der Waals surface area contributed by atoms with Gasteiger partial charge in [-0.2, -0.15) is 0 Å². The van der Waals surface area contributed by atoms with Crippen molar-refractivity contribution >= 4 is 0 Å². The Labute approximate surface area is 81.0 Å². The van der Waals surface area contributed by atoms with E-state index in [1.807, 2.05) is 0 Å². The molecule has 0 aliphatic heterocycles. The molecule has 1 saturated carbocycles. The highest BCUT2D eigenvalue weighted by molar-refractivity contribution is 4.66. The molecule has 0 amide bonds. The van der Waals surface area contributed by atoms with Crippen LogP contribution in [0.1, 0.15) is 44.9 Å². The van der Waals surface area contributed by atoms with Crippen LogP contribution in [0.25, 0.3) is 0 Å². The summed E-state index contributed by atoms with van der Waals surface area (Å²) in [6.45, 7) is 0.702. The fourth-order valence-corrected chi connectivity index (χ4v) is 2.22. The SMILES string of the molecule is OC[C@@H]1CCCC[C@H](CO)CCC1. The largest absolute Gasteiger partial charge is 0.396 e. The number of rotatable bonds is 2. The molecule has 1 aliphatic rings. The Bertz CT molecular complexity index is 111. The molecule has 1 aliphatic carbocycles. The molecule has 1 rings (SSSR count). The first-order valence-corrected chi connectivity index (χ1v) is 5.58. The Kier molecular flexibility index (Phi) is 5.40. The van der Waals surface area contributed by atoms with Crippen LogP contribution in [0.5, 0.6) is 0 Å². The number of hydrogen-bond donors (Lipinski definition) is 2. The van der Waals surface area contributed by atoms with Crippen molar-refractivity contribution in [3.8, 4) is 0 Å². The highest BCUT2D eigenvalue weighted by Gasteiger charge is 2.13. The molecule has 0 bridgehead atoms. The van der Waals surface area contributed by atoms with E-state index < -0.39 is 0 Å². The van der Waals surface area contributed by atoms with Crippen molar-refractivity contribution in [2.75, 3.05) is 13.2 Å². The highest BCUT2D eigenvalue weighted by Crippen LogP contribution is 2.24. The monoisotopic (exact) mass is 186 g/mol. The van der Waals surface area contributed by atoms with Crippen LogP contribution in [0.2, 0.25) is 0 Å². The Morgan fingerprint density at radius 2 is 1.08 bits per heavy atom. The van der Waals surface area contributed by atoms with Gasteiger partial charge in [0.05, 0.1) is 0 Å². The lowest BCUT2D eigenvalue weighted by Gasteiger charge is -2.12. The summed E-state index contributed by atoms with van der Waals surface area (Å²) in [5.74, 6) is 1.05. The maximum atomic E-state index is 9.07. The van der Waals surface area contributed by atoms with Gasteiger partial charge in [0.25, 0.3) is 0 Å². The summed E-state index contributed by atoms with van der Waals surface area (Å²) >= 11 is 0. The fraction of sp³-hybridized carbons (Fsp3) is 1.00. The van der Waals surface area contributed by atoms with Crippen LogP contribution in [-0.2, 0) is 0 Å². The van der Waals surface area contributed by atoms with Crippen LogP contribution >= 0.6 is 0 Å². The van der Waals surface area contributed by atoms with Gasteiger partial charge in [0.2, 0.25) is 0 Å². The fourth-order valence-electron chi connectivity index (χ4n) is 2.22. The van der Waals surface area contributed by atoms with Gasteiger partial charge in [-0.05, 0) is 37.5 Å². The van der Waals surface area contributed by atoms with Crippen LogP contribution in [0, 0.1) is 11.8 Å². The summed E-state index contributed by atoms with van der Waals surface area (Å²) in [5.41, 5.74) is 0. The second-order valence-corrected chi connectivity index (χ2v) is 4.31. The van der Waals surface area contributed by atoms with Crippen molar-refractivity contribution in [2.24, 2.45) is 11.8 Å². The first-order valence-electron chi connectivity index (χ1n) is 5.58. The van der Waals surface area contributed by atoms with Gasteiger partial charge in [-0.15, -0.1) is 0 Å². The Morgan fingerprint density at radius 1 is 0.692 bits per heavy atom. The van der Waals surface area contributed by atoms with Gasteiger partial charge in [-0.25, -0.2) is 0 Å². The van der Waals surface area contributed by atoms with Crippen LogP contribution in [0.15, 0.2) is 0 Å². The van der Waals surface area contributed by atoms with Crippen LogP contribution in [0.4, 0.5) is 0 Å². The summed E-state index contributed by atoms with van der Waals surface area (Å²) in [4.78, 5) is 0. The molecule has 2 atom stereocenters. The minimum atomic E-state index is 0.351. The average Bonchev–Trinajstić information content (AvgIpc) is 2.28. The van der Waals surface area contributed by atoms with Gasteiger partial charge in [-0.1, -0.05) is 19.3 Å². The number of aliphatic hydroxyl groups excluding tert-OH is 2. The lowest BCUT2D eigenvalue weighted by Crippen LogP contribution is -2.06. The zero-order valence-electron chi connectivity index (χ0n) is 8.41. The van der Waals surface area contributed by atoms with Crippen molar-refractivity contribution in [3.63, 3.8) is 0 Å². The van der Waals surface area contributed by atoms with Crippen LogP contribution in [0.3, 0.4) is 0 Å². The number of hydrogen-bond acceptors (Lipinski definition) is 2. The first kappa shape index (κ1) is 11.0. The van der Waals surface area contributed by atoms with Gasteiger partial charge in [0.1, 0.15) is 0 Å². The van der Waals surface area contributed by atoms with Crippen molar-refractivity contribution < 1.29 is 10.2 Å². The van der Waals surface area contributed by atoms with E-state index in [0.717, 1.165) is 12.8 Å². The minimum absolute atomic E-state index is 0.351.